The molecule has 6 heteroatoms. The lowest BCUT2D eigenvalue weighted by Crippen LogP contribution is -2.44. The van der Waals surface area contributed by atoms with Crippen LogP contribution in [0.2, 0.25) is 0 Å². The van der Waals surface area contributed by atoms with Gasteiger partial charge in [-0.3, -0.25) is 9.59 Å². The molecule has 3 N–H and O–H groups in total. The topological polar surface area (TPSA) is 78.4 Å². The van der Waals surface area contributed by atoms with Crippen molar-refractivity contribution in [3.8, 4) is 0 Å². The maximum atomic E-state index is 11.6. The lowest BCUT2D eigenvalue weighted by molar-refractivity contribution is -0.121. The van der Waals surface area contributed by atoms with Crippen molar-refractivity contribution in [1.82, 2.24) is 10.6 Å². The van der Waals surface area contributed by atoms with Gasteiger partial charge in [-0.1, -0.05) is 12.8 Å². The van der Waals surface area contributed by atoms with E-state index in [1.54, 1.807) is 11.4 Å². The Bertz CT molecular complexity index is 439. The van der Waals surface area contributed by atoms with Crippen LogP contribution in [-0.4, -0.2) is 35.6 Å². The second-order valence-corrected chi connectivity index (χ2v) is 5.68. The van der Waals surface area contributed by atoms with Crippen LogP contribution >= 0.6 is 11.3 Å². The third-order valence-corrected chi connectivity index (χ3v) is 4.02. The van der Waals surface area contributed by atoms with Crippen molar-refractivity contribution in [2.24, 2.45) is 0 Å². The molecule has 0 spiro atoms. The Labute approximate surface area is 116 Å². The molecule has 1 aliphatic rings. The maximum Gasteiger partial charge on any atom is 0.252 e. The van der Waals surface area contributed by atoms with Crippen molar-refractivity contribution in [3.05, 3.63) is 22.4 Å². The number of carbonyl (C=O) groups excluding carboxylic acids is 2. The van der Waals surface area contributed by atoms with Gasteiger partial charge in [0.25, 0.3) is 5.91 Å². The first kappa shape index (κ1) is 14.0. The molecule has 0 aliphatic heterocycles. The average Bonchev–Trinajstić information content (AvgIpc) is 3.05. The van der Waals surface area contributed by atoms with Gasteiger partial charge in [0.1, 0.15) is 0 Å². The number of nitrogens with one attached hydrogen (secondary N) is 2. The van der Waals surface area contributed by atoms with Crippen LogP contribution in [0.25, 0.3) is 0 Å². The van der Waals surface area contributed by atoms with Gasteiger partial charge in [0.2, 0.25) is 5.91 Å². The van der Waals surface area contributed by atoms with Gasteiger partial charge < -0.3 is 15.7 Å². The highest BCUT2D eigenvalue weighted by Gasteiger charge is 2.31. The summed E-state index contributed by atoms with van der Waals surface area (Å²) in [7, 11) is 0. The van der Waals surface area contributed by atoms with Gasteiger partial charge in [0.15, 0.2) is 0 Å². The molecule has 0 saturated heterocycles. The number of aliphatic hydroxyl groups is 1. The molecular formula is C13H18N2O3S. The first-order chi connectivity index (χ1) is 9.09. The molecule has 1 heterocycles. The zero-order chi connectivity index (χ0) is 13.7. The van der Waals surface area contributed by atoms with E-state index < -0.39 is 5.60 Å². The summed E-state index contributed by atoms with van der Waals surface area (Å²) < 4.78 is 0. The molecule has 1 aliphatic carbocycles. The van der Waals surface area contributed by atoms with Gasteiger partial charge in [-0.15, -0.1) is 0 Å². The predicted octanol–water partition coefficient (Wildman–Crippen LogP) is 0.899. The Kier molecular flexibility index (Phi) is 4.55. The highest BCUT2D eigenvalue weighted by Crippen LogP contribution is 2.28. The number of carbonyl (C=O) groups is 2. The zero-order valence-corrected chi connectivity index (χ0v) is 11.5. The fourth-order valence-corrected chi connectivity index (χ4v) is 2.83. The van der Waals surface area contributed by atoms with Gasteiger partial charge in [-0.2, -0.15) is 11.3 Å². The van der Waals surface area contributed by atoms with E-state index in [1.807, 2.05) is 5.38 Å². The summed E-state index contributed by atoms with van der Waals surface area (Å²) in [4.78, 5) is 23.2. The molecule has 0 radical (unpaired) electrons. The molecular weight excluding hydrogens is 264 g/mol. The van der Waals surface area contributed by atoms with E-state index in [2.05, 4.69) is 10.6 Å². The van der Waals surface area contributed by atoms with Crippen LogP contribution in [0.1, 0.15) is 36.0 Å². The smallest absolute Gasteiger partial charge is 0.252 e. The van der Waals surface area contributed by atoms with Crippen LogP contribution < -0.4 is 10.6 Å². The number of hydrogen-bond acceptors (Lipinski definition) is 4. The van der Waals surface area contributed by atoms with Crippen LogP contribution in [0.15, 0.2) is 16.8 Å². The van der Waals surface area contributed by atoms with E-state index in [0.717, 1.165) is 25.7 Å². The average molecular weight is 282 g/mol. The quantitative estimate of drug-likeness (QED) is 0.751. The number of hydrogen-bond donors (Lipinski definition) is 3. The summed E-state index contributed by atoms with van der Waals surface area (Å²) in [5.74, 6) is -0.528. The van der Waals surface area contributed by atoms with Crippen LogP contribution in [0, 0.1) is 0 Å². The van der Waals surface area contributed by atoms with Crippen molar-refractivity contribution >= 4 is 23.2 Å². The molecule has 0 atom stereocenters. The fourth-order valence-electron chi connectivity index (χ4n) is 2.19. The molecule has 2 rings (SSSR count). The fraction of sp³-hybridized carbons (Fsp3) is 0.538. The molecule has 1 aromatic heterocycles. The monoisotopic (exact) mass is 282 g/mol. The van der Waals surface area contributed by atoms with E-state index in [4.69, 9.17) is 0 Å². The van der Waals surface area contributed by atoms with Crippen LogP contribution in [0.4, 0.5) is 0 Å². The Morgan fingerprint density at radius 3 is 2.68 bits per heavy atom. The molecule has 0 aromatic carbocycles. The zero-order valence-electron chi connectivity index (χ0n) is 10.6. The van der Waals surface area contributed by atoms with Gasteiger partial charge in [0.05, 0.1) is 12.1 Å². The molecule has 1 saturated carbocycles. The second kappa shape index (κ2) is 6.16. The van der Waals surface area contributed by atoms with Crippen LogP contribution in [0.3, 0.4) is 0 Å². The summed E-state index contributed by atoms with van der Waals surface area (Å²) in [6.07, 6.45) is 3.46. The summed E-state index contributed by atoms with van der Waals surface area (Å²) in [6, 6.07) is 1.71. The van der Waals surface area contributed by atoms with Crippen molar-refractivity contribution in [2.75, 3.05) is 13.1 Å². The van der Waals surface area contributed by atoms with Gasteiger partial charge in [0, 0.05) is 17.5 Å². The van der Waals surface area contributed by atoms with Crippen molar-refractivity contribution in [1.29, 1.82) is 0 Å². The number of thiophene rings is 1. The number of rotatable bonds is 5. The highest BCUT2D eigenvalue weighted by molar-refractivity contribution is 7.08. The van der Waals surface area contributed by atoms with Crippen molar-refractivity contribution < 1.29 is 14.7 Å². The molecule has 0 unspecified atom stereocenters. The third kappa shape index (κ3) is 4.04. The molecule has 1 fully saturated rings. The van der Waals surface area contributed by atoms with E-state index in [9.17, 15) is 14.7 Å². The van der Waals surface area contributed by atoms with Crippen molar-refractivity contribution in [2.45, 2.75) is 31.3 Å². The van der Waals surface area contributed by atoms with E-state index in [1.165, 1.54) is 11.3 Å². The summed E-state index contributed by atoms with van der Waals surface area (Å²) >= 11 is 1.43. The van der Waals surface area contributed by atoms with E-state index >= 15 is 0 Å². The largest absolute Gasteiger partial charge is 0.388 e. The molecule has 1 aromatic rings. The molecule has 104 valence electrons. The first-order valence-corrected chi connectivity index (χ1v) is 7.33. The molecule has 0 bridgehead atoms. The SMILES string of the molecule is O=C(CNC(=O)c1ccsc1)NCC1(O)CCCC1. The Morgan fingerprint density at radius 2 is 2.05 bits per heavy atom. The molecule has 5 nitrogen and oxygen atoms in total. The molecule has 2 amide bonds. The normalized spacial score (nSPS) is 17.1. The van der Waals surface area contributed by atoms with E-state index in [-0.39, 0.29) is 24.9 Å². The lowest BCUT2D eigenvalue weighted by Gasteiger charge is -2.22. The van der Waals surface area contributed by atoms with Gasteiger partial charge in [-0.05, 0) is 24.3 Å². The summed E-state index contributed by atoms with van der Waals surface area (Å²) in [5.41, 5.74) is -0.195. The van der Waals surface area contributed by atoms with Crippen molar-refractivity contribution in [3.63, 3.8) is 0 Å². The van der Waals surface area contributed by atoms with Gasteiger partial charge in [-0.25, -0.2) is 0 Å². The summed E-state index contributed by atoms with van der Waals surface area (Å²) in [5, 5.41) is 18.8. The van der Waals surface area contributed by atoms with E-state index in [0.29, 0.717) is 5.56 Å². The van der Waals surface area contributed by atoms with Crippen LogP contribution in [0.5, 0.6) is 0 Å². The minimum Gasteiger partial charge on any atom is -0.388 e. The van der Waals surface area contributed by atoms with Crippen LogP contribution in [-0.2, 0) is 4.79 Å². The maximum absolute atomic E-state index is 11.6. The summed E-state index contributed by atoms with van der Waals surface area (Å²) in [6.45, 7) is 0.199. The Morgan fingerprint density at radius 1 is 1.32 bits per heavy atom. The third-order valence-electron chi connectivity index (χ3n) is 3.34. The predicted molar refractivity (Wildman–Crippen MR) is 73.1 cm³/mol. The second-order valence-electron chi connectivity index (χ2n) is 4.90. The Hall–Kier alpha value is -1.40. The van der Waals surface area contributed by atoms with Gasteiger partial charge >= 0.3 is 0 Å². The lowest BCUT2D eigenvalue weighted by atomic mass is 10.0. The minimum absolute atomic E-state index is 0.0647. The minimum atomic E-state index is -0.757. The first-order valence-electron chi connectivity index (χ1n) is 6.39. The number of amides is 2. The standard InChI is InChI=1S/C13H18N2O3S/c16-11(15-9-13(18)4-1-2-5-13)7-14-12(17)10-3-6-19-8-10/h3,6,8,18H,1-2,4-5,7,9H2,(H,14,17)(H,15,16). The highest BCUT2D eigenvalue weighted by atomic mass is 32.1. The molecule has 19 heavy (non-hydrogen) atoms. The Balaban J connectivity index is 1.68.